The van der Waals surface area contributed by atoms with E-state index in [2.05, 4.69) is 21.5 Å². The molecule has 1 heterocycles. The van der Waals surface area contributed by atoms with Crippen molar-refractivity contribution in [3.63, 3.8) is 0 Å². The molecule has 0 bridgehead atoms. The Morgan fingerprint density at radius 2 is 2.19 bits per heavy atom. The van der Waals surface area contributed by atoms with Crippen molar-refractivity contribution in [2.45, 2.75) is 30.8 Å². The number of aromatic carboxylic acids is 1. The standard InChI is InChI=1S/C13H19N3O4S/c1-2-16(11-4-5-11)8-7-15-21(19,20)12-6-3-10(9-14-12)13(17)18/h3,6,9,11,15H,2,4-5,7-8H2,1H3,(H,17,18). The van der Waals surface area contributed by atoms with E-state index in [9.17, 15) is 13.2 Å². The molecule has 1 aliphatic carbocycles. The average molecular weight is 313 g/mol. The van der Waals surface area contributed by atoms with Gasteiger partial charge in [0.15, 0.2) is 5.03 Å². The second-order valence-corrected chi connectivity index (χ2v) is 6.66. The van der Waals surface area contributed by atoms with E-state index in [1.807, 2.05) is 0 Å². The lowest BCUT2D eigenvalue weighted by Crippen LogP contribution is -2.36. The largest absolute Gasteiger partial charge is 0.478 e. The fourth-order valence-electron chi connectivity index (χ4n) is 2.10. The molecule has 2 N–H and O–H groups in total. The number of hydrogen-bond donors (Lipinski definition) is 2. The van der Waals surface area contributed by atoms with Crippen LogP contribution in [0, 0.1) is 0 Å². The van der Waals surface area contributed by atoms with Crippen LogP contribution in [0.2, 0.25) is 0 Å². The third-order valence-corrected chi connectivity index (χ3v) is 4.80. The smallest absolute Gasteiger partial charge is 0.337 e. The highest BCUT2D eigenvalue weighted by Gasteiger charge is 2.27. The van der Waals surface area contributed by atoms with Crippen LogP contribution in [0.4, 0.5) is 0 Å². The van der Waals surface area contributed by atoms with Gasteiger partial charge in [0.2, 0.25) is 0 Å². The van der Waals surface area contributed by atoms with Crippen molar-refractivity contribution >= 4 is 16.0 Å². The fraction of sp³-hybridized carbons (Fsp3) is 0.538. The van der Waals surface area contributed by atoms with Gasteiger partial charge in [-0.3, -0.25) is 4.90 Å². The first-order valence-corrected chi connectivity index (χ1v) is 8.35. The summed E-state index contributed by atoms with van der Waals surface area (Å²) in [5.74, 6) is -1.14. The first-order valence-electron chi connectivity index (χ1n) is 6.87. The molecule has 0 aliphatic heterocycles. The van der Waals surface area contributed by atoms with Gasteiger partial charge in [0.1, 0.15) is 0 Å². The molecule has 1 saturated carbocycles. The Morgan fingerprint density at radius 1 is 1.48 bits per heavy atom. The van der Waals surface area contributed by atoms with Gasteiger partial charge in [-0.05, 0) is 31.5 Å². The molecule has 1 aromatic rings. The van der Waals surface area contributed by atoms with Gasteiger partial charge in [-0.25, -0.2) is 22.9 Å². The van der Waals surface area contributed by atoms with Gasteiger partial charge in [0.05, 0.1) is 5.56 Å². The number of carbonyl (C=O) groups is 1. The number of sulfonamides is 1. The number of aromatic nitrogens is 1. The molecule has 2 rings (SSSR count). The second-order valence-electron chi connectivity index (χ2n) is 4.95. The van der Waals surface area contributed by atoms with Crippen LogP contribution < -0.4 is 4.72 Å². The molecule has 116 valence electrons. The minimum absolute atomic E-state index is 0.0418. The van der Waals surface area contributed by atoms with Gasteiger partial charge in [0, 0.05) is 25.3 Å². The lowest BCUT2D eigenvalue weighted by Gasteiger charge is -2.19. The Hall–Kier alpha value is -1.51. The molecular weight excluding hydrogens is 294 g/mol. The Bertz CT molecular complexity index is 596. The van der Waals surface area contributed by atoms with Gasteiger partial charge in [-0.1, -0.05) is 6.92 Å². The molecule has 0 atom stereocenters. The predicted molar refractivity (Wildman–Crippen MR) is 76.7 cm³/mol. The topological polar surface area (TPSA) is 99.6 Å². The van der Waals surface area contributed by atoms with Crippen molar-refractivity contribution in [2.24, 2.45) is 0 Å². The third kappa shape index (κ3) is 4.23. The highest BCUT2D eigenvalue weighted by atomic mass is 32.2. The maximum absolute atomic E-state index is 12.0. The zero-order chi connectivity index (χ0) is 15.5. The molecule has 7 nitrogen and oxygen atoms in total. The van der Waals surface area contributed by atoms with Crippen molar-refractivity contribution in [1.29, 1.82) is 0 Å². The molecule has 21 heavy (non-hydrogen) atoms. The number of carboxylic acid groups (broad SMARTS) is 1. The Labute approximate surface area is 124 Å². The molecule has 0 spiro atoms. The van der Waals surface area contributed by atoms with Gasteiger partial charge in [-0.15, -0.1) is 0 Å². The molecule has 1 fully saturated rings. The molecule has 0 radical (unpaired) electrons. The summed E-state index contributed by atoms with van der Waals surface area (Å²) in [6.07, 6.45) is 3.40. The first-order chi connectivity index (χ1) is 9.94. The van der Waals surface area contributed by atoms with E-state index in [-0.39, 0.29) is 10.6 Å². The van der Waals surface area contributed by atoms with E-state index < -0.39 is 16.0 Å². The van der Waals surface area contributed by atoms with E-state index in [0.717, 1.165) is 12.7 Å². The Balaban J connectivity index is 1.92. The van der Waals surface area contributed by atoms with Crippen molar-refractivity contribution in [1.82, 2.24) is 14.6 Å². The van der Waals surface area contributed by atoms with Crippen molar-refractivity contribution in [3.05, 3.63) is 23.9 Å². The lowest BCUT2D eigenvalue weighted by molar-refractivity contribution is 0.0696. The van der Waals surface area contributed by atoms with Crippen LogP contribution >= 0.6 is 0 Å². The summed E-state index contributed by atoms with van der Waals surface area (Å²) in [6, 6.07) is 3.02. The average Bonchev–Trinajstić information content (AvgIpc) is 3.28. The van der Waals surface area contributed by atoms with E-state index in [1.54, 1.807) is 0 Å². The van der Waals surface area contributed by atoms with Crippen LogP contribution in [0.25, 0.3) is 0 Å². The first kappa shape index (κ1) is 15.9. The molecule has 0 unspecified atom stereocenters. The normalized spacial score (nSPS) is 15.3. The quantitative estimate of drug-likeness (QED) is 0.727. The Kier molecular flexibility index (Phi) is 4.92. The van der Waals surface area contributed by atoms with E-state index in [1.165, 1.54) is 25.0 Å². The molecule has 1 aromatic heterocycles. The van der Waals surface area contributed by atoms with Crippen LogP contribution in [-0.4, -0.2) is 55.1 Å². The number of pyridine rings is 1. The highest BCUT2D eigenvalue weighted by Crippen LogP contribution is 2.25. The minimum Gasteiger partial charge on any atom is -0.478 e. The Morgan fingerprint density at radius 3 is 2.67 bits per heavy atom. The molecule has 0 saturated heterocycles. The van der Waals surface area contributed by atoms with Crippen LogP contribution in [0.3, 0.4) is 0 Å². The number of nitrogens with zero attached hydrogens (tertiary/aromatic N) is 2. The van der Waals surface area contributed by atoms with E-state index >= 15 is 0 Å². The second kappa shape index (κ2) is 6.50. The monoisotopic (exact) mass is 313 g/mol. The van der Waals surface area contributed by atoms with Gasteiger partial charge < -0.3 is 5.11 Å². The zero-order valence-electron chi connectivity index (χ0n) is 11.8. The van der Waals surface area contributed by atoms with Crippen LogP contribution in [0.5, 0.6) is 0 Å². The number of carboxylic acids is 1. The molecular formula is C13H19N3O4S. The third-order valence-electron chi connectivity index (χ3n) is 3.42. The van der Waals surface area contributed by atoms with E-state index in [4.69, 9.17) is 5.11 Å². The highest BCUT2D eigenvalue weighted by molar-refractivity contribution is 7.89. The summed E-state index contributed by atoms with van der Waals surface area (Å²) in [4.78, 5) is 16.6. The summed E-state index contributed by atoms with van der Waals surface area (Å²) in [7, 11) is -3.69. The SMILES string of the molecule is CCN(CCNS(=O)(=O)c1ccc(C(=O)O)cn1)C1CC1. The van der Waals surface area contributed by atoms with Gasteiger partial charge in [0.25, 0.3) is 10.0 Å². The summed E-state index contributed by atoms with van der Waals surface area (Å²) in [5, 5.41) is 8.59. The van der Waals surface area contributed by atoms with E-state index in [0.29, 0.717) is 19.1 Å². The lowest BCUT2D eigenvalue weighted by atomic mass is 10.3. The zero-order valence-corrected chi connectivity index (χ0v) is 12.6. The maximum atomic E-state index is 12.0. The molecule has 1 aliphatic rings. The summed E-state index contributed by atoms with van der Waals surface area (Å²) < 4.78 is 26.6. The number of hydrogen-bond acceptors (Lipinski definition) is 5. The van der Waals surface area contributed by atoms with Crippen LogP contribution in [0.1, 0.15) is 30.1 Å². The molecule has 0 amide bonds. The summed E-state index contributed by atoms with van der Waals surface area (Å²) >= 11 is 0. The van der Waals surface area contributed by atoms with Crippen LogP contribution in [-0.2, 0) is 10.0 Å². The van der Waals surface area contributed by atoms with Gasteiger partial charge in [-0.2, -0.15) is 0 Å². The number of rotatable bonds is 8. The van der Waals surface area contributed by atoms with Gasteiger partial charge >= 0.3 is 5.97 Å². The fourth-order valence-corrected chi connectivity index (χ4v) is 3.05. The molecule has 0 aromatic carbocycles. The number of likely N-dealkylation sites (N-methyl/N-ethyl adjacent to an activating group) is 1. The predicted octanol–water partition coefficient (Wildman–Crippen LogP) is 0.542. The number of nitrogens with one attached hydrogen (secondary N) is 1. The van der Waals surface area contributed by atoms with Crippen molar-refractivity contribution < 1.29 is 18.3 Å². The van der Waals surface area contributed by atoms with Crippen molar-refractivity contribution in [2.75, 3.05) is 19.6 Å². The van der Waals surface area contributed by atoms with Crippen LogP contribution in [0.15, 0.2) is 23.4 Å². The maximum Gasteiger partial charge on any atom is 0.337 e. The van der Waals surface area contributed by atoms with Crippen molar-refractivity contribution in [3.8, 4) is 0 Å². The molecule has 8 heteroatoms. The minimum atomic E-state index is -3.69. The summed E-state index contributed by atoms with van der Waals surface area (Å²) in [6.45, 7) is 3.93. The summed E-state index contributed by atoms with van der Waals surface area (Å²) in [5.41, 5.74) is -0.0418.